The van der Waals surface area contributed by atoms with Crippen molar-refractivity contribution in [1.29, 1.82) is 0 Å². The number of rotatable bonds is 16. The van der Waals surface area contributed by atoms with Gasteiger partial charge in [-0.25, -0.2) is 9.59 Å². The number of alkyl halides is 1. The highest BCUT2D eigenvalue weighted by atomic mass is 79.9. The van der Waals surface area contributed by atoms with E-state index in [4.69, 9.17) is 23.7 Å². The number of methoxy groups -OCH3 is 4. The fraction of sp³-hybridized carbons (Fsp3) is 0.375. The van der Waals surface area contributed by atoms with Crippen LogP contribution < -0.4 is 14.2 Å². The number of esters is 4. The predicted molar refractivity (Wildman–Crippen MR) is 170 cm³/mol. The molecule has 1 N–H and O–H groups in total. The fourth-order valence-corrected chi connectivity index (χ4v) is 3.29. The minimum absolute atomic E-state index is 0.00449. The van der Waals surface area contributed by atoms with Crippen molar-refractivity contribution >= 4 is 39.8 Å². The molecule has 0 bridgehead atoms. The summed E-state index contributed by atoms with van der Waals surface area (Å²) in [6.45, 7) is 7.75. The molecule has 0 aliphatic rings. The molecule has 2 aromatic carbocycles. The Bertz CT molecular complexity index is 1230. The monoisotopic (exact) mass is 696 g/mol. The summed E-state index contributed by atoms with van der Waals surface area (Å²) in [6, 6.07) is 9.01. The van der Waals surface area contributed by atoms with Gasteiger partial charge in [-0.1, -0.05) is 41.2 Å². The number of benzene rings is 2. The number of hydrogen-bond acceptors (Lipinski definition) is 12. The molecule has 2 aromatic rings. The molecular formula is C32H41BrO12. The number of halogens is 1. The molecule has 0 unspecified atom stereocenters. The third kappa shape index (κ3) is 17.4. The van der Waals surface area contributed by atoms with Crippen molar-refractivity contribution in [3.63, 3.8) is 0 Å². The zero-order valence-corrected chi connectivity index (χ0v) is 27.6. The number of aromatic hydroxyl groups is 1. The lowest BCUT2D eigenvalue weighted by Gasteiger charge is -2.11. The summed E-state index contributed by atoms with van der Waals surface area (Å²) >= 11 is 3.22. The van der Waals surface area contributed by atoms with Gasteiger partial charge in [-0.05, 0) is 49.2 Å². The third-order valence-corrected chi connectivity index (χ3v) is 5.77. The van der Waals surface area contributed by atoms with E-state index >= 15 is 0 Å². The number of phenolic OH excluding ortho intramolecular Hbond substituents is 1. The van der Waals surface area contributed by atoms with E-state index < -0.39 is 11.9 Å². The fourth-order valence-electron chi connectivity index (χ4n) is 3.01. The van der Waals surface area contributed by atoms with E-state index in [0.29, 0.717) is 48.7 Å². The SMILES string of the molecule is C=CCOC(=O)CCCBr.C=CCOC(=O)CCCOc1ccc(C(=O)OC)cc1OC.COC(=O)c1ccc(O)c(OC)c1. The molecular weight excluding hydrogens is 656 g/mol. The quantitative estimate of drug-likeness (QED) is 0.0781. The zero-order chi connectivity index (χ0) is 34.0. The van der Waals surface area contributed by atoms with Crippen molar-refractivity contribution in [3.8, 4) is 23.0 Å². The van der Waals surface area contributed by atoms with Gasteiger partial charge < -0.3 is 38.3 Å². The molecule has 0 aliphatic carbocycles. The van der Waals surface area contributed by atoms with E-state index in [2.05, 4.69) is 38.6 Å². The Labute approximate surface area is 272 Å². The van der Waals surface area contributed by atoms with Crippen LogP contribution in [0.25, 0.3) is 0 Å². The second-order valence-corrected chi connectivity index (χ2v) is 9.22. The van der Waals surface area contributed by atoms with Crippen molar-refractivity contribution in [1.82, 2.24) is 0 Å². The molecule has 12 nitrogen and oxygen atoms in total. The van der Waals surface area contributed by atoms with Gasteiger partial charge in [0.2, 0.25) is 0 Å². The molecule has 248 valence electrons. The van der Waals surface area contributed by atoms with E-state index in [1.165, 1.54) is 52.7 Å². The highest BCUT2D eigenvalue weighted by molar-refractivity contribution is 9.09. The van der Waals surface area contributed by atoms with Gasteiger partial charge in [-0.3, -0.25) is 9.59 Å². The predicted octanol–water partition coefficient (Wildman–Crippen LogP) is 5.45. The smallest absolute Gasteiger partial charge is 0.337 e. The first kappa shape index (κ1) is 40.5. The van der Waals surface area contributed by atoms with Crippen molar-refractivity contribution in [2.45, 2.75) is 25.7 Å². The van der Waals surface area contributed by atoms with Crippen LogP contribution in [0, 0.1) is 0 Å². The molecule has 0 saturated heterocycles. The van der Waals surface area contributed by atoms with Crippen molar-refractivity contribution in [3.05, 3.63) is 72.8 Å². The maximum Gasteiger partial charge on any atom is 0.337 e. The van der Waals surface area contributed by atoms with Gasteiger partial charge >= 0.3 is 23.9 Å². The van der Waals surface area contributed by atoms with Gasteiger partial charge in [0.05, 0.1) is 46.2 Å². The second-order valence-electron chi connectivity index (χ2n) is 8.42. The molecule has 45 heavy (non-hydrogen) atoms. The van der Waals surface area contributed by atoms with Gasteiger partial charge in [-0.15, -0.1) is 0 Å². The topological polar surface area (TPSA) is 153 Å². The average molecular weight is 698 g/mol. The average Bonchev–Trinajstić information content (AvgIpc) is 3.07. The van der Waals surface area contributed by atoms with Crippen LogP contribution in [0.4, 0.5) is 0 Å². The van der Waals surface area contributed by atoms with Gasteiger partial charge in [-0.2, -0.15) is 0 Å². The Kier molecular flexibility index (Phi) is 22.4. The maximum absolute atomic E-state index is 11.4. The number of carbonyl (C=O) groups is 4. The summed E-state index contributed by atoms with van der Waals surface area (Å²) in [5.74, 6) is -0.186. The molecule has 0 spiro atoms. The summed E-state index contributed by atoms with van der Waals surface area (Å²) < 4.78 is 34.3. The molecule has 0 radical (unpaired) electrons. The first-order valence-corrected chi connectivity index (χ1v) is 14.7. The molecule has 0 aromatic heterocycles. The van der Waals surface area contributed by atoms with E-state index in [1.807, 2.05) is 0 Å². The minimum Gasteiger partial charge on any atom is -0.504 e. The molecule has 0 heterocycles. The Morgan fingerprint density at radius 2 is 1.22 bits per heavy atom. The number of phenols is 1. The summed E-state index contributed by atoms with van der Waals surface area (Å²) in [7, 11) is 5.50. The zero-order valence-electron chi connectivity index (χ0n) is 26.0. The van der Waals surface area contributed by atoms with Crippen LogP contribution >= 0.6 is 15.9 Å². The standard InChI is InChI=1S/C16H20O6.C9H10O4.C7H11BrO2/c1-4-9-22-15(17)6-5-10-21-13-8-7-12(16(18)20-3)11-14(13)19-2;1-12-8-5-6(9(11)13-2)3-4-7(8)10;1-2-6-10-7(9)4-3-5-8/h4,7-8,11H,1,5-6,9-10H2,2-3H3;3-5,10H,1-2H3;2H,1,3-6H2. The van der Waals surface area contributed by atoms with E-state index in [-0.39, 0.29) is 36.5 Å². The summed E-state index contributed by atoms with van der Waals surface area (Å²) in [4.78, 5) is 44.4. The van der Waals surface area contributed by atoms with E-state index in [0.717, 1.165) is 11.8 Å². The number of hydrogen-bond donors (Lipinski definition) is 1. The van der Waals surface area contributed by atoms with Gasteiger partial charge in [0.15, 0.2) is 23.0 Å². The van der Waals surface area contributed by atoms with Crippen LogP contribution in [0.1, 0.15) is 46.4 Å². The van der Waals surface area contributed by atoms with Crippen LogP contribution in [0.2, 0.25) is 0 Å². The molecule has 0 saturated carbocycles. The molecule has 0 aliphatic heterocycles. The molecule has 2 rings (SSSR count). The third-order valence-electron chi connectivity index (χ3n) is 5.21. The minimum atomic E-state index is -0.460. The number of ether oxygens (including phenoxy) is 7. The largest absolute Gasteiger partial charge is 0.504 e. The summed E-state index contributed by atoms with van der Waals surface area (Å²) in [5.41, 5.74) is 0.719. The van der Waals surface area contributed by atoms with E-state index in [1.54, 1.807) is 24.3 Å². The summed E-state index contributed by atoms with van der Waals surface area (Å²) in [6.07, 6.45) is 5.16. The molecule has 13 heteroatoms. The lowest BCUT2D eigenvalue weighted by atomic mass is 10.2. The van der Waals surface area contributed by atoms with Gasteiger partial charge in [0.1, 0.15) is 13.2 Å². The highest BCUT2D eigenvalue weighted by Crippen LogP contribution is 2.28. The van der Waals surface area contributed by atoms with Gasteiger partial charge in [0, 0.05) is 18.2 Å². The highest BCUT2D eigenvalue weighted by Gasteiger charge is 2.12. The second kappa shape index (κ2) is 24.9. The summed E-state index contributed by atoms with van der Waals surface area (Å²) in [5, 5.41) is 10.1. The Balaban J connectivity index is 0.000000713. The normalized spacial score (nSPS) is 9.44. The van der Waals surface area contributed by atoms with Crippen LogP contribution in [0.5, 0.6) is 23.0 Å². The lowest BCUT2D eigenvalue weighted by molar-refractivity contribution is -0.143. The Morgan fingerprint density at radius 1 is 0.733 bits per heavy atom. The van der Waals surface area contributed by atoms with E-state index in [9.17, 15) is 24.3 Å². The van der Waals surface area contributed by atoms with Crippen LogP contribution in [-0.4, -0.2) is 82.6 Å². The molecule has 0 amide bonds. The van der Waals surface area contributed by atoms with Crippen LogP contribution in [0.15, 0.2) is 61.7 Å². The lowest BCUT2D eigenvalue weighted by Crippen LogP contribution is -2.08. The van der Waals surface area contributed by atoms with Crippen LogP contribution in [0.3, 0.4) is 0 Å². The maximum atomic E-state index is 11.4. The van der Waals surface area contributed by atoms with Crippen molar-refractivity contribution < 1.29 is 57.4 Å². The first-order chi connectivity index (χ1) is 21.6. The Hall–Kier alpha value is -4.52. The van der Waals surface area contributed by atoms with Gasteiger partial charge in [0.25, 0.3) is 0 Å². The van der Waals surface area contributed by atoms with Crippen molar-refractivity contribution in [2.24, 2.45) is 0 Å². The molecule has 0 fully saturated rings. The van der Waals surface area contributed by atoms with Crippen molar-refractivity contribution in [2.75, 3.05) is 53.6 Å². The number of carbonyl (C=O) groups excluding carboxylic acids is 4. The first-order valence-electron chi connectivity index (χ1n) is 13.6. The molecule has 0 atom stereocenters. The Morgan fingerprint density at radius 3 is 1.69 bits per heavy atom. The van der Waals surface area contributed by atoms with Crippen LogP contribution in [-0.2, 0) is 28.5 Å².